The van der Waals surface area contributed by atoms with Gasteiger partial charge in [0.1, 0.15) is 5.75 Å². The summed E-state index contributed by atoms with van der Waals surface area (Å²) in [7, 11) is 0. The van der Waals surface area contributed by atoms with Gasteiger partial charge in [-0.05, 0) is 42.4 Å². The molecule has 1 aromatic carbocycles. The SMILES string of the molecule is CC(C)NCC1(Cc2ccc(O)cc2)CC1. The molecule has 1 saturated carbocycles. The molecule has 1 aliphatic carbocycles. The third-order valence-corrected chi connectivity index (χ3v) is 3.36. The summed E-state index contributed by atoms with van der Waals surface area (Å²) in [6.45, 7) is 5.50. The van der Waals surface area contributed by atoms with Crippen molar-refractivity contribution >= 4 is 0 Å². The molecular formula is C14H21NO. The Hall–Kier alpha value is -1.02. The quantitative estimate of drug-likeness (QED) is 0.798. The maximum absolute atomic E-state index is 9.23. The molecule has 0 atom stereocenters. The van der Waals surface area contributed by atoms with Crippen LogP contribution in [-0.4, -0.2) is 17.7 Å². The summed E-state index contributed by atoms with van der Waals surface area (Å²) < 4.78 is 0. The minimum atomic E-state index is 0.355. The summed E-state index contributed by atoms with van der Waals surface area (Å²) in [6, 6.07) is 8.19. The van der Waals surface area contributed by atoms with Crippen LogP contribution in [0.3, 0.4) is 0 Å². The maximum Gasteiger partial charge on any atom is 0.115 e. The van der Waals surface area contributed by atoms with Crippen molar-refractivity contribution in [3.05, 3.63) is 29.8 Å². The number of phenolic OH excluding ortho intramolecular Hbond substituents is 1. The van der Waals surface area contributed by atoms with Crippen LogP contribution in [0.25, 0.3) is 0 Å². The lowest BCUT2D eigenvalue weighted by Gasteiger charge is -2.18. The van der Waals surface area contributed by atoms with Gasteiger partial charge in [-0.2, -0.15) is 0 Å². The second-order valence-corrected chi connectivity index (χ2v) is 5.38. The second-order valence-electron chi connectivity index (χ2n) is 5.38. The predicted octanol–water partition coefficient (Wildman–Crippen LogP) is 2.71. The highest BCUT2D eigenvalue weighted by atomic mass is 16.3. The molecule has 0 aliphatic heterocycles. The lowest BCUT2D eigenvalue weighted by molar-refractivity contribution is 0.429. The van der Waals surface area contributed by atoms with E-state index in [1.807, 2.05) is 12.1 Å². The fraction of sp³-hybridized carbons (Fsp3) is 0.571. The number of rotatable bonds is 5. The minimum absolute atomic E-state index is 0.355. The number of nitrogens with one attached hydrogen (secondary N) is 1. The van der Waals surface area contributed by atoms with E-state index in [9.17, 15) is 5.11 Å². The highest BCUT2D eigenvalue weighted by molar-refractivity contribution is 5.27. The molecule has 2 N–H and O–H groups in total. The van der Waals surface area contributed by atoms with Crippen LogP contribution in [0.5, 0.6) is 5.75 Å². The number of phenols is 1. The van der Waals surface area contributed by atoms with Gasteiger partial charge in [0.2, 0.25) is 0 Å². The summed E-state index contributed by atoms with van der Waals surface area (Å²) in [5, 5.41) is 12.8. The smallest absolute Gasteiger partial charge is 0.115 e. The maximum atomic E-state index is 9.23. The Labute approximate surface area is 97.7 Å². The standard InChI is InChI=1S/C14H21NO/c1-11(2)15-10-14(7-8-14)9-12-3-5-13(16)6-4-12/h3-6,11,15-16H,7-10H2,1-2H3. The van der Waals surface area contributed by atoms with Gasteiger partial charge in [0, 0.05) is 12.6 Å². The Balaban J connectivity index is 1.91. The molecule has 2 rings (SSSR count). The van der Waals surface area contributed by atoms with Crippen molar-refractivity contribution in [2.24, 2.45) is 5.41 Å². The average molecular weight is 219 g/mol. The van der Waals surface area contributed by atoms with Gasteiger partial charge in [-0.3, -0.25) is 0 Å². The Kier molecular flexibility index (Phi) is 3.20. The molecule has 1 fully saturated rings. The Bertz CT molecular complexity index is 338. The first-order chi connectivity index (χ1) is 7.60. The zero-order valence-corrected chi connectivity index (χ0v) is 10.2. The van der Waals surface area contributed by atoms with E-state index < -0.39 is 0 Å². The van der Waals surface area contributed by atoms with Crippen molar-refractivity contribution in [2.45, 2.75) is 39.2 Å². The van der Waals surface area contributed by atoms with Gasteiger partial charge in [-0.25, -0.2) is 0 Å². The van der Waals surface area contributed by atoms with Crippen molar-refractivity contribution in [3.8, 4) is 5.75 Å². The first-order valence-electron chi connectivity index (χ1n) is 6.11. The zero-order valence-electron chi connectivity index (χ0n) is 10.2. The molecule has 2 nitrogen and oxygen atoms in total. The predicted molar refractivity (Wildman–Crippen MR) is 66.6 cm³/mol. The van der Waals surface area contributed by atoms with E-state index in [2.05, 4.69) is 19.2 Å². The lowest BCUT2D eigenvalue weighted by Crippen LogP contribution is -2.30. The minimum Gasteiger partial charge on any atom is -0.508 e. The molecule has 0 heterocycles. The van der Waals surface area contributed by atoms with Crippen LogP contribution in [0.1, 0.15) is 32.3 Å². The summed E-state index contributed by atoms with van der Waals surface area (Å²) in [6.07, 6.45) is 3.79. The molecule has 1 aromatic rings. The molecule has 0 bridgehead atoms. The third-order valence-electron chi connectivity index (χ3n) is 3.36. The number of benzene rings is 1. The molecule has 0 spiro atoms. The molecule has 88 valence electrons. The Morgan fingerprint density at radius 2 is 1.88 bits per heavy atom. The molecule has 0 unspecified atom stereocenters. The van der Waals surface area contributed by atoms with Crippen molar-refractivity contribution in [3.63, 3.8) is 0 Å². The number of hydrogen-bond acceptors (Lipinski definition) is 2. The van der Waals surface area contributed by atoms with Crippen LogP contribution >= 0.6 is 0 Å². The zero-order chi connectivity index (χ0) is 11.6. The van der Waals surface area contributed by atoms with Crippen LogP contribution < -0.4 is 5.32 Å². The van der Waals surface area contributed by atoms with Crippen LogP contribution in [0.2, 0.25) is 0 Å². The first-order valence-corrected chi connectivity index (χ1v) is 6.11. The van der Waals surface area contributed by atoms with Crippen molar-refractivity contribution in [1.29, 1.82) is 0 Å². The monoisotopic (exact) mass is 219 g/mol. The van der Waals surface area contributed by atoms with Crippen molar-refractivity contribution < 1.29 is 5.11 Å². The molecule has 2 heteroatoms. The van der Waals surface area contributed by atoms with Gasteiger partial charge in [0.15, 0.2) is 0 Å². The van der Waals surface area contributed by atoms with Crippen molar-refractivity contribution in [1.82, 2.24) is 5.32 Å². The van der Waals surface area contributed by atoms with Gasteiger partial charge in [0.25, 0.3) is 0 Å². The Morgan fingerprint density at radius 3 is 2.38 bits per heavy atom. The molecule has 0 saturated heterocycles. The highest BCUT2D eigenvalue weighted by Crippen LogP contribution is 2.47. The number of hydrogen-bond donors (Lipinski definition) is 2. The van der Waals surface area contributed by atoms with Gasteiger partial charge in [0.05, 0.1) is 0 Å². The highest BCUT2D eigenvalue weighted by Gasteiger charge is 2.41. The molecule has 0 amide bonds. The van der Waals surface area contributed by atoms with Crippen LogP contribution in [0.4, 0.5) is 0 Å². The van der Waals surface area contributed by atoms with E-state index in [0.717, 1.165) is 13.0 Å². The topological polar surface area (TPSA) is 32.3 Å². The first kappa shape index (κ1) is 11.5. The van der Waals surface area contributed by atoms with E-state index in [1.165, 1.54) is 18.4 Å². The summed E-state index contributed by atoms with van der Waals surface area (Å²) >= 11 is 0. The number of aromatic hydroxyl groups is 1. The molecule has 0 radical (unpaired) electrons. The van der Waals surface area contributed by atoms with Crippen LogP contribution in [0, 0.1) is 5.41 Å². The average Bonchev–Trinajstić information content (AvgIpc) is 3.00. The largest absolute Gasteiger partial charge is 0.508 e. The fourth-order valence-corrected chi connectivity index (χ4v) is 2.06. The normalized spacial score (nSPS) is 17.7. The van der Waals surface area contributed by atoms with Crippen LogP contribution in [-0.2, 0) is 6.42 Å². The van der Waals surface area contributed by atoms with Gasteiger partial charge >= 0.3 is 0 Å². The van der Waals surface area contributed by atoms with E-state index in [-0.39, 0.29) is 0 Å². The molecule has 16 heavy (non-hydrogen) atoms. The van der Waals surface area contributed by atoms with Crippen molar-refractivity contribution in [2.75, 3.05) is 6.54 Å². The van der Waals surface area contributed by atoms with Gasteiger partial charge in [-0.1, -0.05) is 26.0 Å². The third kappa shape index (κ3) is 2.99. The van der Waals surface area contributed by atoms with Gasteiger partial charge in [-0.15, -0.1) is 0 Å². The van der Waals surface area contributed by atoms with Crippen LogP contribution in [0.15, 0.2) is 24.3 Å². The summed E-state index contributed by atoms with van der Waals surface area (Å²) in [5.41, 5.74) is 1.82. The van der Waals surface area contributed by atoms with Gasteiger partial charge < -0.3 is 10.4 Å². The van der Waals surface area contributed by atoms with E-state index >= 15 is 0 Å². The Morgan fingerprint density at radius 1 is 1.25 bits per heavy atom. The van der Waals surface area contributed by atoms with E-state index in [4.69, 9.17) is 0 Å². The van der Waals surface area contributed by atoms with E-state index in [0.29, 0.717) is 17.2 Å². The molecule has 1 aliphatic rings. The van der Waals surface area contributed by atoms with E-state index in [1.54, 1.807) is 12.1 Å². The molecule has 0 aromatic heterocycles. The fourth-order valence-electron chi connectivity index (χ4n) is 2.06. The lowest BCUT2D eigenvalue weighted by atomic mass is 9.96. The summed E-state index contributed by atoms with van der Waals surface area (Å²) in [5.74, 6) is 0.355. The second kappa shape index (κ2) is 4.46. The summed E-state index contributed by atoms with van der Waals surface area (Å²) in [4.78, 5) is 0. The molecular weight excluding hydrogens is 198 g/mol.